The largest absolute Gasteiger partial charge is 0.298 e. The van der Waals surface area contributed by atoms with Crippen LogP contribution in [0.2, 0.25) is 5.02 Å². The Morgan fingerprint density at radius 1 is 1.08 bits per heavy atom. The van der Waals surface area contributed by atoms with Gasteiger partial charge in [0.1, 0.15) is 0 Å². The van der Waals surface area contributed by atoms with Crippen LogP contribution < -0.4 is 5.43 Å². The molecule has 0 unspecified atom stereocenters. The van der Waals surface area contributed by atoms with Crippen LogP contribution in [0.4, 0.5) is 0 Å². The minimum Gasteiger partial charge on any atom is -0.298 e. The lowest BCUT2D eigenvalue weighted by Gasteiger charge is -2.27. The SMILES string of the molecule is O=C(NN=C1CCN(Cc2ccccc2)CC1)c1cccc(Cl)c1. The third kappa shape index (κ3) is 4.66. The number of carbonyl (C=O) groups is 1. The van der Waals surface area contributed by atoms with Crippen molar-refractivity contribution in [2.24, 2.45) is 5.10 Å². The molecule has 2 aromatic carbocycles. The lowest BCUT2D eigenvalue weighted by molar-refractivity contribution is 0.0954. The average Bonchev–Trinajstić information content (AvgIpc) is 2.62. The van der Waals surface area contributed by atoms with Crippen LogP contribution in [0.15, 0.2) is 59.7 Å². The summed E-state index contributed by atoms with van der Waals surface area (Å²) in [6.45, 7) is 2.88. The lowest BCUT2D eigenvalue weighted by Crippen LogP contribution is -2.34. The maximum atomic E-state index is 12.1. The van der Waals surface area contributed by atoms with Crippen molar-refractivity contribution in [2.45, 2.75) is 19.4 Å². The smallest absolute Gasteiger partial charge is 0.271 e. The Balaban J connectivity index is 1.49. The zero-order valence-electron chi connectivity index (χ0n) is 13.4. The topological polar surface area (TPSA) is 44.7 Å². The Kier molecular flexibility index (Phi) is 5.62. The molecule has 1 aliphatic rings. The molecule has 1 saturated heterocycles. The normalized spacial score (nSPS) is 15.1. The zero-order chi connectivity index (χ0) is 16.8. The highest BCUT2D eigenvalue weighted by atomic mass is 35.5. The van der Waals surface area contributed by atoms with Gasteiger partial charge in [0.2, 0.25) is 0 Å². The van der Waals surface area contributed by atoms with E-state index in [2.05, 4.69) is 39.7 Å². The molecule has 0 aliphatic carbocycles. The summed E-state index contributed by atoms with van der Waals surface area (Å²) in [7, 11) is 0. The summed E-state index contributed by atoms with van der Waals surface area (Å²) in [5, 5.41) is 4.82. The molecule has 124 valence electrons. The minimum absolute atomic E-state index is 0.225. The van der Waals surface area contributed by atoms with Gasteiger partial charge >= 0.3 is 0 Å². The fourth-order valence-electron chi connectivity index (χ4n) is 2.75. The van der Waals surface area contributed by atoms with Crippen molar-refractivity contribution in [2.75, 3.05) is 13.1 Å². The predicted molar refractivity (Wildman–Crippen MR) is 97.3 cm³/mol. The van der Waals surface area contributed by atoms with Crippen molar-refractivity contribution >= 4 is 23.2 Å². The summed E-state index contributed by atoms with van der Waals surface area (Å²) in [4.78, 5) is 14.5. The zero-order valence-corrected chi connectivity index (χ0v) is 14.2. The van der Waals surface area contributed by atoms with Crippen LogP contribution in [0.25, 0.3) is 0 Å². The highest BCUT2D eigenvalue weighted by Gasteiger charge is 2.15. The summed E-state index contributed by atoms with van der Waals surface area (Å²) in [5.41, 5.74) is 5.52. The second kappa shape index (κ2) is 8.08. The number of nitrogens with one attached hydrogen (secondary N) is 1. The van der Waals surface area contributed by atoms with Crippen molar-refractivity contribution in [3.05, 3.63) is 70.7 Å². The molecule has 0 atom stereocenters. The van der Waals surface area contributed by atoms with E-state index in [9.17, 15) is 4.79 Å². The fourth-order valence-corrected chi connectivity index (χ4v) is 2.94. The first-order chi connectivity index (χ1) is 11.7. The van der Waals surface area contributed by atoms with E-state index >= 15 is 0 Å². The number of hydrazone groups is 1. The molecule has 0 bridgehead atoms. The minimum atomic E-state index is -0.225. The number of carbonyl (C=O) groups excluding carboxylic acids is 1. The highest BCUT2D eigenvalue weighted by Crippen LogP contribution is 2.13. The predicted octanol–water partition coefficient (Wildman–Crippen LogP) is 3.72. The van der Waals surface area contributed by atoms with E-state index in [0.29, 0.717) is 10.6 Å². The van der Waals surface area contributed by atoms with E-state index in [1.807, 2.05) is 6.07 Å². The number of hydrogen-bond acceptors (Lipinski definition) is 3. The molecule has 1 amide bonds. The number of nitrogens with zero attached hydrogens (tertiary/aromatic N) is 2. The summed E-state index contributed by atoms with van der Waals surface area (Å²) < 4.78 is 0. The molecule has 1 N–H and O–H groups in total. The monoisotopic (exact) mass is 341 g/mol. The molecule has 1 aliphatic heterocycles. The second-order valence-corrected chi connectivity index (χ2v) is 6.33. The van der Waals surface area contributed by atoms with Crippen LogP contribution in [-0.2, 0) is 6.54 Å². The summed E-state index contributed by atoms with van der Waals surface area (Å²) in [5.74, 6) is -0.225. The maximum absolute atomic E-state index is 12.1. The number of halogens is 1. The molecule has 0 aromatic heterocycles. The van der Waals surface area contributed by atoms with Gasteiger partial charge < -0.3 is 0 Å². The van der Waals surface area contributed by atoms with Crippen molar-refractivity contribution < 1.29 is 4.79 Å². The summed E-state index contributed by atoms with van der Waals surface area (Å²) in [6, 6.07) is 17.3. The van der Waals surface area contributed by atoms with Crippen LogP contribution >= 0.6 is 11.6 Å². The van der Waals surface area contributed by atoms with Crippen LogP contribution in [0.1, 0.15) is 28.8 Å². The average molecular weight is 342 g/mol. The molecule has 1 heterocycles. The van der Waals surface area contributed by atoms with E-state index in [4.69, 9.17) is 11.6 Å². The quantitative estimate of drug-likeness (QED) is 0.861. The van der Waals surface area contributed by atoms with Gasteiger partial charge in [-0.3, -0.25) is 9.69 Å². The molecule has 0 spiro atoms. The van der Waals surface area contributed by atoms with E-state index in [1.165, 1.54) is 5.56 Å². The van der Waals surface area contributed by atoms with Crippen molar-refractivity contribution in [1.29, 1.82) is 0 Å². The summed E-state index contributed by atoms with van der Waals surface area (Å²) in [6.07, 6.45) is 1.76. The van der Waals surface area contributed by atoms with Gasteiger partial charge in [0, 0.05) is 48.8 Å². The van der Waals surface area contributed by atoms with Gasteiger partial charge in [0.05, 0.1) is 0 Å². The van der Waals surface area contributed by atoms with Crippen LogP contribution in [-0.4, -0.2) is 29.6 Å². The summed E-state index contributed by atoms with van der Waals surface area (Å²) >= 11 is 5.90. The van der Waals surface area contributed by atoms with E-state index < -0.39 is 0 Å². The van der Waals surface area contributed by atoms with Crippen molar-refractivity contribution in [3.63, 3.8) is 0 Å². The van der Waals surface area contributed by atoms with Crippen LogP contribution in [0.3, 0.4) is 0 Å². The van der Waals surface area contributed by atoms with Crippen LogP contribution in [0.5, 0.6) is 0 Å². The lowest BCUT2D eigenvalue weighted by atomic mass is 10.1. The number of amides is 1. The first kappa shape index (κ1) is 16.7. The molecule has 24 heavy (non-hydrogen) atoms. The molecule has 3 rings (SSSR count). The third-order valence-corrected chi connectivity index (χ3v) is 4.32. The first-order valence-electron chi connectivity index (χ1n) is 8.08. The molecule has 0 saturated carbocycles. The Labute approximate surface area is 147 Å². The van der Waals surface area contributed by atoms with E-state index in [0.717, 1.165) is 38.2 Å². The molecule has 2 aromatic rings. The Bertz CT molecular complexity index is 720. The van der Waals surface area contributed by atoms with Crippen LogP contribution in [0, 0.1) is 0 Å². The molecular formula is C19H20ClN3O. The first-order valence-corrected chi connectivity index (χ1v) is 8.46. The van der Waals surface area contributed by atoms with E-state index in [1.54, 1.807) is 24.3 Å². The third-order valence-electron chi connectivity index (χ3n) is 4.08. The van der Waals surface area contributed by atoms with Gasteiger partial charge in [0.25, 0.3) is 5.91 Å². The van der Waals surface area contributed by atoms with E-state index in [-0.39, 0.29) is 5.91 Å². The van der Waals surface area contributed by atoms with Gasteiger partial charge in [-0.2, -0.15) is 5.10 Å². The molecular weight excluding hydrogens is 322 g/mol. The number of piperidine rings is 1. The van der Waals surface area contributed by atoms with Gasteiger partial charge in [0.15, 0.2) is 0 Å². The molecule has 0 radical (unpaired) electrons. The Morgan fingerprint density at radius 3 is 2.54 bits per heavy atom. The Morgan fingerprint density at radius 2 is 1.83 bits per heavy atom. The van der Waals surface area contributed by atoms with Gasteiger partial charge in [-0.1, -0.05) is 48.0 Å². The van der Waals surface area contributed by atoms with Crippen molar-refractivity contribution in [3.8, 4) is 0 Å². The molecule has 4 nitrogen and oxygen atoms in total. The second-order valence-electron chi connectivity index (χ2n) is 5.89. The van der Waals surface area contributed by atoms with Crippen molar-refractivity contribution in [1.82, 2.24) is 10.3 Å². The van der Waals surface area contributed by atoms with Gasteiger partial charge in [-0.25, -0.2) is 5.43 Å². The fraction of sp³-hybridized carbons (Fsp3) is 0.263. The molecule has 5 heteroatoms. The number of rotatable bonds is 4. The number of benzene rings is 2. The van der Waals surface area contributed by atoms with Gasteiger partial charge in [-0.05, 0) is 23.8 Å². The van der Waals surface area contributed by atoms with Gasteiger partial charge in [-0.15, -0.1) is 0 Å². The Hall–Kier alpha value is -2.17. The number of likely N-dealkylation sites (tertiary alicyclic amines) is 1. The standard InChI is InChI=1S/C19H20ClN3O/c20-17-8-4-7-16(13-17)19(24)22-21-18-9-11-23(12-10-18)14-15-5-2-1-3-6-15/h1-8,13H,9-12,14H2,(H,22,24). The number of hydrogen-bond donors (Lipinski definition) is 1. The maximum Gasteiger partial charge on any atom is 0.271 e. The molecule has 1 fully saturated rings. The highest BCUT2D eigenvalue weighted by molar-refractivity contribution is 6.30.